The number of hydrogen-bond acceptors (Lipinski definition) is 5. The number of amides is 1. The lowest BCUT2D eigenvalue weighted by molar-refractivity contribution is 0.212. The van der Waals surface area contributed by atoms with Crippen LogP contribution >= 0.6 is 11.6 Å². The number of benzene rings is 2. The number of aryl methyl sites for hydroxylation is 2. The normalized spacial score (nSPS) is 12.7. The Morgan fingerprint density at radius 1 is 1.15 bits per heavy atom. The van der Waals surface area contributed by atoms with Crippen molar-refractivity contribution < 1.29 is 17.4 Å². The molecule has 2 aromatic carbocycles. The van der Waals surface area contributed by atoms with Gasteiger partial charge in [-0.15, -0.1) is 0 Å². The van der Waals surface area contributed by atoms with Gasteiger partial charge in [0.05, 0.1) is 11.2 Å². The van der Waals surface area contributed by atoms with Crippen molar-refractivity contribution in [3.8, 4) is 5.82 Å². The SMILES string of the molecule is Cc1nn(C)c(-n2ccc3cc(Cl)ccc32)c1CC(Cc1ccccc1)S(=O)(=O)OC(N)=O. The Hall–Kier alpha value is -3.30. The highest BCUT2D eigenvalue weighted by Gasteiger charge is 2.32. The van der Waals surface area contributed by atoms with Crippen molar-refractivity contribution in [2.75, 3.05) is 0 Å². The number of hydrogen-bond donors (Lipinski definition) is 1. The number of nitrogens with two attached hydrogens (primary N) is 1. The van der Waals surface area contributed by atoms with Gasteiger partial charge >= 0.3 is 16.2 Å². The zero-order valence-electron chi connectivity index (χ0n) is 18.1. The molecule has 1 unspecified atom stereocenters. The zero-order valence-corrected chi connectivity index (χ0v) is 19.7. The monoisotopic (exact) mass is 486 g/mol. The maximum absolute atomic E-state index is 12.9. The zero-order chi connectivity index (χ0) is 23.8. The van der Waals surface area contributed by atoms with E-state index in [4.69, 9.17) is 17.3 Å². The van der Waals surface area contributed by atoms with Gasteiger partial charge in [-0.2, -0.15) is 13.5 Å². The lowest BCUT2D eigenvalue weighted by Gasteiger charge is -2.18. The Morgan fingerprint density at radius 2 is 1.88 bits per heavy atom. The van der Waals surface area contributed by atoms with Gasteiger partial charge in [0.2, 0.25) is 0 Å². The van der Waals surface area contributed by atoms with E-state index in [2.05, 4.69) is 9.28 Å². The highest BCUT2D eigenvalue weighted by molar-refractivity contribution is 7.87. The second-order valence-electron chi connectivity index (χ2n) is 7.81. The van der Waals surface area contributed by atoms with E-state index >= 15 is 0 Å². The molecule has 2 heterocycles. The third-order valence-corrected chi connectivity index (χ3v) is 7.32. The summed E-state index contributed by atoms with van der Waals surface area (Å²) in [5.41, 5.74) is 8.15. The van der Waals surface area contributed by atoms with Crippen LogP contribution in [-0.2, 0) is 34.2 Å². The molecule has 10 heteroatoms. The molecule has 0 radical (unpaired) electrons. The maximum Gasteiger partial charge on any atom is 0.420 e. The highest BCUT2D eigenvalue weighted by Crippen LogP contribution is 2.29. The van der Waals surface area contributed by atoms with Crippen molar-refractivity contribution >= 4 is 38.7 Å². The number of fused-ring (bicyclic) bond motifs is 1. The van der Waals surface area contributed by atoms with Crippen molar-refractivity contribution in [3.05, 3.63) is 82.6 Å². The molecule has 0 aliphatic carbocycles. The summed E-state index contributed by atoms with van der Waals surface area (Å²) >= 11 is 6.13. The van der Waals surface area contributed by atoms with Gasteiger partial charge < -0.3 is 14.5 Å². The first-order valence-corrected chi connectivity index (χ1v) is 12.1. The smallest absolute Gasteiger partial charge is 0.334 e. The fraction of sp³-hybridized carbons (Fsp3) is 0.217. The average molecular weight is 487 g/mol. The predicted octanol–water partition coefficient (Wildman–Crippen LogP) is 3.90. The molecule has 2 aromatic heterocycles. The molecule has 0 spiro atoms. The van der Waals surface area contributed by atoms with Gasteiger partial charge in [-0.1, -0.05) is 41.9 Å². The number of primary amides is 1. The van der Waals surface area contributed by atoms with Crippen LogP contribution in [0.2, 0.25) is 5.02 Å². The summed E-state index contributed by atoms with van der Waals surface area (Å²) < 4.78 is 34.1. The van der Waals surface area contributed by atoms with Crippen LogP contribution in [0.25, 0.3) is 16.7 Å². The van der Waals surface area contributed by atoms with Crippen molar-refractivity contribution in [3.63, 3.8) is 0 Å². The van der Waals surface area contributed by atoms with Crippen molar-refractivity contribution in [1.29, 1.82) is 0 Å². The molecule has 0 saturated heterocycles. The Labute approximate surface area is 196 Å². The first-order valence-electron chi connectivity index (χ1n) is 10.2. The standard InChI is InChI=1S/C23H23ClN4O4S/c1-15-20(14-19(33(30,31)32-23(25)29)12-16-6-4-3-5-7-16)22(27(2)26-15)28-11-10-17-13-18(24)8-9-21(17)28/h3-11,13,19H,12,14H2,1-2H3,(H2,25,29). The van der Waals surface area contributed by atoms with Crippen LogP contribution in [0, 0.1) is 6.92 Å². The minimum atomic E-state index is -4.30. The second kappa shape index (κ2) is 8.92. The summed E-state index contributed by atoms with van der Waals surface area (Å²) in [6.45, 7) is 1.82. The molecule has 0 saturated carbocycles. The largest absolute Gasteiger partial charge is 0.420 e. The number of carbonyl (C=O) groups excluding carboxylic acids is 1. The Morgan fingerprint density at radius 3 is 2.58 bits per heavy atom. The van der Waals surface area contributed by atoms with Gasteiger partial charge in [0.1, 0.15) is 11.1 Å². The van der Waals surface area contributed by atoms with Gasteiger partial charge in [-0.25, -0.2) is 4.79 Å². The van der Waals surface area contributed by atoms with E-state index in [-0.39, 0.29) is 12.8 Å². The summed E-state index contributed by atoms with van der Waals surface area (Å²) in [4.78, 5) is 11.3. The minimum Gasteiger partial charge on any atom is -0.334 e. The van der Waals surface area contributed by atoms with E-state index < -0.39 is 21.5 Å². The number of aromatic nitrogens is 3. The van der Waals surface area contributed by atoms with E-state index in [0.717, 1.165) is 27.8 Å². The molecular weight excluding hydrogens is 464 g/mol. The third-order valence-electron chi connectivity index (χ3n) is 5.54. The Balaban J connectivity index is 1.80. The molecule has 4 rings (SSSR count). The van der Waals surface area contributed by atoms with E-state index in [9.17, 15) is 13.2 Å². The van der Waals surface area contributed by atoms with Crippen molar-refractivity contribution in [2.45, 2.75) is 25.0 Å². The molecule has 4 aromatic rings. The van der Waals surface area contributed by atoms with Gasteiger partial charge in [-0.05, 0) is 49.6 Å². The van der Waals surface area contributed by atoms with Gasteiger partial charge in [0.25, 0.3) is 0 Å². The molecule has 0 fully saturated rings. The quantitative estimate of drug-likeness (QED) is 0.398. The predicted molar refractivity (Wildman–Crippen MR) is 127 cm³/mol. The molecular formula is C23H23ClN4O4S. The molecule has 33 heavy (non-hydrogen) atoms. The van der Waals surface area contributed by atoms with E-state index in [0.29, 0.717) is 10.7 Å². The number of carbonyl (C=O) groups is 1. The molecule has 1 atom stereocenters. The van der Waals surface area contributed by atoms with Crippen LogP contribution < -0.4 is 5.73 Å². The lowest BCUT2D eigenvalue weighted by atomic mass is 10.0. The van der Waals surface area contributed by atoms with Crippen LogP contribution in [0.5, 0.6) is 0 Å². The van der Waals surface area contributed by atoms with Gasteiger partial charge in [-0.3, -0.25) is 4.68 Å². The summed E-state index contributed by atoms with van der Waals surface area (Å²) in [5, 5.41) is 5.05. The second-order valence-corrected chi connectivity index (χ2v) is 10.1. The summed E-state index contributed by atoms with van der Waals surface area (Å²) in [5.74, 6) is 0.720. The third kappa shape index (κ3) is 4.74. The lowest BCUT2D eigenvalue weighted by Crippen LogP contribution is -2.32. The number of halogens is 1. The van der Waals surface area contributed by atoms with Crippen molar-refractivity contribution in [1.82, 2.24) is 14.3 Å². The molecule has 0 bridgehead atoms. The van der Waals surface area contributed by atoms with Crippen LogP contribution in [0.1, 0.15) is 16.8 Å². The molecule has 0 aliphatic rings. The molecule has 1 amide bonds. The molecule has 8 nitrogen and oxygen atoms in total. The fourth-order valence-corrected chi connectivity index (χ4v) is 5.40. The van der Waals surface area contributed by atoms with Gasteiger partial charge in [0, 0.05) is 29.2 Å². The molecule has 2 N–H and O–H groups in total. The minimum absolute atomic E-state index is 0.0762. The van der Waals surface area contributed by atoms with Crippen LogP contribution in [0.3, 0.4) is 0 Å². The number of nitrogens with zero attached hydrogens (tertiary/aromatic N) is 3. The molecule has 172 valence electrons. The average Bonchev–Trinajstić information content (AvgIpc) is 3.26. The maximum atomic E-state index is 12.9. The van der Waals surface area contributed by atoms with E-state index in [1.807, 2.05) is 66.2 Å². The summed E-state index contributed by atoms with van der Waals surface area (Å²) in [7, 11) is -2.50. The Bertz CT molecular complexity index is 1430. The first-order chi connectivity index (χ1) is 15.7. The van der Waals surface area contributed by atoms with E-state index in [1.165, 1.54) is 0 Å². The van der Waals surface area contributed by atoms with Crippen molar-refractivity contribution in [2.24, 2.45) is 12.8 Å². The fourth-order valence-electron chi connectivity index (χ4n) is 4.09. The first kappa shape index (κ1) is 22.9. The van der Waals surface area contributed by atoms with Gasteiger partial charge in [0.15, 0.2) is 0 Å². The van der Waals surface area contributed by atoms with Crippen LogP contribution in [-0.4, -0.2) is 34.1 Å². The highest BCUT2D eigenvalue weighted by atomic mass is 35.5. The van der Waals surface area contributed by atoms with Crippen LogP contribution in [0.15, 0.2) is 60.8 Å². The molecule has 0 aliphatic heterocycles. The summed E-state index contributed by atoms with van der Waals surface area (Å²) in [6, 6.07) is 16.6. The summed E-state index contributed by atoms with van der Waals surface area (Å²) in [6.07, 6.45) is 0.755. The number of rotatable bonds is 7. The Kier molecular flexibility index (Phi) is 6.18. The topological polar surface area (TPSA) is 109 Å². The van der Waals surface area contributed by atoms with E-state index in [1.54, 1.807) is 17.8 Å². The van der Waals surface area contributed by atoms with Crippen LogP contribution in [0.4, 0.5) is 4.79 Å².